The number of halogens is 2. The van der Waals surface area contributed by atoms with E-state index in [2.05, 4.69) is 39.1 Å². The van der Waals surface area contributed by atoms with Crippen LogP contribution in [0.25, 0.3) is 5.69 Å². The van der Waals surface area contributed by atoms with Gasteiger partial charge in [0.05, 0.1) is 12.0 Å². The van der Waals surface area contributed by atoms with E-state index in [1.54, 1.807) is 12.5 Å². The van der Waals surface area contributed by atoms with Gasteiger partial charge >= 0.3 is 0 Å². The van der Waals surface area contributed by atoms with Gasteiger partial charge in [0.1, 0.15) is 0 Å². The number of rotatable bonds is 3. The lowest BCUT2D eigenvalue weighted by atomic mass is 10.0. The Kier molecular flexibility index (Phi) is 3.90. The Bertz CT molecular complexity index is 723. The SMILES string of the molecule is Clc1ccccc1Cc1ccc(Br)cc1-n1ccnc1. The van der Waals surface area contributed by atoms with Crippen molar-refractivity contribution >= 4 is 27.5 Å². The second-order valence-electron chi connectivity index (χ2n) is 4.51. The first-order valence-electron chi connectivity index (χ1n) is 6.24. The Hall–Kier alpha value is -1.58. The lowest BCUT2D eigenvalue weighted by Crippen LogP contribution is -1.99. The second-order valence-corrected chi connectivity index (χ2v) is 5.83. The molecule has 0 radical (unpaired) electrons. The molecule has 0 unspecified atom stereocenters. The summed E-state index contributed by atoms with van der Waals surface area (Å²) in [6.45, 7) is 0. The van der Waals surface area contributed by atoms with Gasteiger partial charge in [0, 0.05) is 28.3 Å². The minimum atomic E-state index is 0.792. The first-order chi connectivity index (χ1) is 9.74. The molecule has 0 aliphatic rings. The van der Waals surface area contributed by atoms with Crippen molar-refractivity contribution in [1.29, 1.82) is 0 Å². The highest BCUT2D eigenvalue weighted by Crippen LogP contribution is 2.25. The Morgan fingerprint density at radius 3 is 2.70 bits per heavy atom. The molecule has 0 atom stereocenters. The molecule has 1 heterocycles. The van der Waals surface area contributed by atoms with E-state index in [0.29, 0.717) is 0 Å². The standard InChI is InChI=1S/C16H12BrClN2/c17-14-6-5-13(9-12-3-1-2-4-15(12)18)16(10-14)20-8-7-19-11-20/h1-8,10-11H,9H2. The van der Waals surface area contributed by atoms with Crippen LogP contribution in [0.1, 0.15) is 11.1 Å². The predicted octanol–water partition coefficient (Wildman–Crippen LogP) is 4.88. The molecule has 4 heteroatoms. The molecule has 3 aromatic rings. The smallest absolute Gasteiger partial charge is 0.0991 e. The molecule has 20 heavy (non-hydrogen) atoms. The fraction of sp³-hybridized carbons (Fsp3) is 0.0625. The molecule has 3 rings (SSSR count). The zero-order valence-corrected chi connectivity index (χ0v) is 13.0. The van der Waals surface area contributed by atoms with Crippen LogP contribution >= 0.6 is 27.5 Å². The topological polar surface area (TPSA) is 17.8 Å². The van der Waals surface area contributed by atoms with Gasteiger partial charge in [0.2, 0.25) is 0 Å². The van der Waals surface area contributed by atoms with Gasteiger partial charge in [-0.2, -0.15) is 0 Å². The minimum absolute atomic E-state index is 0.792. The van der Waals surface area contributed by atoms with E-state index in [0.717, 1.165) is 27.2 Å². The van der Waals surface area contributed by atoms with Crippen molar-refractivity contribution in [2.24, 2.45) is 0 Å². The van der Waals surface area contributed by atoms with Crippen molar-refractivity contribution in [3.63, 3.8) is 0 Å². The van der Waals surface area contributed by atoms with Gasteiger partial charge in [0.25, 0.3) is 0 Å². The molecule has 0 amide bonds. The highest BCUT2D eigenvalue weighted by atomic mass is 79.9. The summed E-state index contributed by atoms with van der Waals surface area (Å²) in [4.78, 5) is 4.12. The van der Waals surface area contributed by atoms with Crippen molar-refractivity contribution in [2.75, 3.05) is 0 Å². The predicted molar refractivity (Wildman–Crippen MR) is 85.5 cm³/mol. The summed E-state index contributed by atoms with van der Waals surface area (Å²) in [6, 6.07) is 14.2. The lowest BCUT2D eigenvalue weighted by Gasteiger charge is -2.12. The summed E-state index contributed by atoms with van der Waals surface area (Å²) >= 11 is 9.78. The molecule has 2 nitrogen and oxygen atoms in total. The van der Waals surface area contributed by atoms with Crippen LogP contribution in [-0.4, -0.2) is 9.55 Å². The molecule has 0 aliphatic carbocycles. The van der Waals surface area contributed by atoms with Crippen molar-refractivity contribution in [1.82, 2.24) is 9.55 Å². The average molecular weight is 348 g/mol. The quantitative estimate of drug-likeness (QED) is 0.660. The fourth-order valence-corrected chi connectivity index (χ4v) is 2.73. The third-order valence-corrected chi connectivity index (χ3v) is 4.03. The summed E-state index contributed by atoms with van der Waals surface area (Å²) in [5.74, 6) is 0. The Morgan fingerprint density at radius 2 is 1.95 bits per heavy atom. The number of hydrogen-bond donors (Lipinski definition) is 0. The lowest BCUT2D eigenvalue weighted by molar-refractivity contribution is 1.01. The van der Waals surface area contributed by atoms with E-state index >= 15 is 0 Å². The van der Waals surface area contributed by atoms with Crippen molar-refractivity contribution < 1.29 is 0 Å². The second kappa shape index (κ2) is 5.81. The van der Waals surface area contributed by atoms with Crippen molar-refractivity contribution in [2.45, 2.75) is 6.42 Å². The van der Waals surface area contributed by atoms with Gasteiger partial charge in [-0.25, -0.2) is 4.98 Å². The largest absolute Gasteiger partial charge is 0.306 e. The minimum Gasteiger partial charge on any atom is -0.306 e. The van der Waals surface area contributed by atoms with E-state index in [1.165, 1.54) is 5.56 Å². The highest BCUT2D eigenvalue weighted by Gasteiger charge is 2.08. The summed E-state index contributed by atoms with van der Waals surface area (Å²) in [5, 5.41) is 0.798. The van der Waals surface area contributed by atoms with E-state index in [-0.39, 0.29) is 0 Å². The number of hydrogen-bond acceptors (Lipinski definition) is 1. The third kappa shape index (κ3) is 2.79. The van der Waals surface area contributed by atoms with E-state index in [1.807, 2.05) is 35.0 Å². The van der Waals surface area contributed by atoms with Gasteiger partial charge in [0.15, 0.2) is 0 Å². The Labute approximate surface area is 131 Å². The van der Waals surface area contributed by atoms with E-state index in [9.17, 15) is 0 Å². The van der Waals surface area contributed by atoms with Crippen LogP contribution in [-0.2, 0) is 6.42 Å². The molecule has 0 fully saturated rings. The van der Waals surface area contributed by atoms with Crippen molar-refractivity contribution in [3.05, 3.63) is 81.8 Å². The van der Waals surface area contributed by atoms with Crippen LogP contribution < -0.4 is 0 Å². The summed E-state index contributed by atoms with van der Waals surface area (Å²) in [6.07, 6.45) is 6.32. The van der Waals surface area contributed by atoms with E-state index in [4.69, 9.17) is 11.6 Å². The molecule has 0 bridgehead atoms. The normalized spacial score (nSPS) is 10.7. The molecule has 1 aromatic heterocycles. The zero-order valence-electron chi connectivity index (χ0n) is 10.6. The third-order valence-electron chi connectivity index (χ3n) is 3.17. The first kappa shape index (κ1) is 13.4. The molecule has 0 N–H and O–H groups in total. The van der Waals surface area contributed by atoms with Crippen LogP contribution in [0.3, 0.4) is 0 Å². The van der Waals surface area contributed by atoms with Crippen LogP contribution in [0, 0.1) is 0 Å². The van der Waals surface area contributed by atoms with Crippen LogP contribution in [0.5, 0.6) is 0 Å². The first-order valence-corrected chi connectivity index (χ1v) is 7.41. The highest BCUT2D eigenvalue weighted by molar-refractivity contribution is 9.10. The van der Waals surface area contributed by atoms with Gasteiger partial charge in [-0.1, -0.05) is 51.8 Å². The Morgan fingerprint density at radius 1 is 1.10 bits per heavy atom. The maximum absolute atomic E-state index is 6.25. The number of imidazole rings is 1. The molecule has 0 saturated heterocycles. The molecule has 0 saturated carbocycles. The number of nitrogens with zero attached hydrogens (tertiary/aromatic N) is 2. The molecule has 0 aliphatic heterocycles. The Balaban J connectivity index is 2.04. The summed E-state index contributed by atoms with van der Waals surface area (Å²) in [7, 11) is 0. The molecular formula is C16H12BrClN2. The van der Waals surface area contributed by atoms with Gasteiger partial charge < -0.3 is 4.57 Å². The maximum atomic E-state index is 6.25. The number of aromatic nitrogens is 2. The van der Waals surface area contributed by atoms with Gasteiger partial charge in [-0.05, 0) is 29.3 Å². The van der Waals surface area contributed by atoms with Crippen LogP contribution in [0.15, 0.2) is 65.7 Å². The van der Waals surface area contributed by atoms with Gasteiger partial charge in [-0.3, -0.25) is 0 Å². The summed E-state index contributed by atoms with van der Waals surface area (Å²) in [5.41, 5.74) is 3.44. The fourth-order valence-electron chi connectivity index (χ4n) is 2.18. The molecule has 2 aromatic carbocycles. The molecule has 100 valence electrons. The zero-order chi connectivity index (χ0) is 13.9. The molecular weight excluding hydrogens is 336 g/mol. The van der Waals surface area contributed by atoms with E-state index < -0.39 is 0 Å². The number of benzene rings is 2. The van der Waals surface area contributed by atoms with Crippen LogP contribution in [0.4, 0.5) is 0 Å². The van der Waals surface area contributed by atoms with Crippen molar-refractivity contribution in [3.8, 4) is 5.69 Å². The average Bonchev–Trinajstić information content (AvgIpc) is 2.97. The summed E-state index contributed by atoms with van der Waals surface area (Å²) < 4.78 is 3.06. The molecule has 0 spiro atoms. The van der Waals surface area contributed by atoms with Crippen LogP contribution in [0.2, 0.25) is 5.02 Å². The monoisotopic (exact) mass is 346 g/mol. The maximum Gasteiger partial charge on any atom is 0.0991 e. The van der Waals surface area contributed by atoms with Gasteiger partial charge in [-0.15, -0.1) is 0 Å².